The summed E-state index contributed by atoms with van der Waals surface area (Å²) in [6.07, 6.45) is 1.77. The molecule has 1 atom stereocenters. The lowest BCUT2D eigenvalue weighted by Crippen LogP contribution is -2.22. The molecule has 4 heteroatoms. The topological polar surface area (TPSA) is 12.0 Å². The molecule has 0 saturated carbocycles. The maximum Gasteiger partial charge on any atom is 0.142 e. The van der Waals surface area contributed by atoms with Gasteiger partial charge in [-0.1, -0.05) is 45.7 Å². The first-order valence-corrected chi connectivity index (χ1v) is 8.08. The average molecular weight is 371 g/mol. The fourth-order valence-electron chi connectivity index (χ4n) is 2.50. The minimum atomic E-state index is -0.347. The van der Waals surface area contributed by atoms with Gasteiger partial charge in [-0.3, -0.25) is 0 Å². The van der Waals surface area contributed by atoms with Gasteiger partial charge < -0.3 is 5.32 Å². The molecule has 2 aromatic rings. The van der Waals surface area contributed by atoms with Crippen LogP contribution in [-0.2, 0) is 12.8 Å². The standard InChI is InChI=1S/C17H18BrClFN/c1-21-11-14(7-12-3-2-4-15(18)9-12)8-13-5-6-16(19)17(20)10-13/h2-6,9-10,14,21H,7-8,11H2,1H3. The van der Waals surface area contributed by atoms with E-state index in [4.69, 9.17) is 11.6 Å². The van der Waals surface area contributed by atoms with Gasteiger partial charge in [-0.25, -0.2) is 4.39 Å². The van der Waals surface area contributed by atoms with Gasteiger partial charge >= 0.3 is 0 Å². The average Bonchev–Trinajstić information content (AvgIpc) is 2.43. The third-order valence-corrected chi connectivity index (χ3v) is 4.21. The molecule has 112 valence electrons. The fourth-order valence-corrected chi connectivity index (χ4v) is 3.07. The second-order valence-corrected chi connectivity index (χ2v) is 6.53. The number of benzene rings is 2. The van der Waals surface area contributed by atoms with Crippen molar-refractivity contribution >= 4 is 27.5 Å². The zero-order chi connectivity index (χ0) is 15.2. The van der Waals surface area contributed by atoms with Crippen molar-refractivity contribution in [2.45, 2.75) is 12.8 Å². The molecule has 0 aliphatic rings. The van der Waals surface area contributed by atoms with Crippen molar-refractivity contribution in [1.29, 1.82) is 0 Å². The molecule has 0 radical (unpaired) electrons. The highest BCUT2D eigenvalue weighted by atomic mass is 79.9. The van der Waals surface area contributed by atoms with E-state index in [2.05, 4.69) is 33.4 Å². The summed E-state index contributed by atoms with van der Waals surface area (Å²) in [4.78, 5) is 0. The Morgan fingerprint density at radius 3 is 2.48 bits per heavy atom. The summed E-state index contributed by atoms with van der Waals surface area (Å²) in [5.41, 5.74) is 2.26. The van der Waals surface area contributed by atoms with E-state index in [1.165, 1.54) is 11.6 Å². The van der Waals surface area contributed by atoms with Crippen molar-refractivity contribution in [3.05, 3.63) is 68.9 Å². The van der Waals surface area contributed by atoms with E-state index >= 15 is 0 Å². The molecule has 0 heterocycles. The van der Waals surface area contributed by atoms with Gasteiger partial charge in [0.2, 0.25) is 0 Å². The molecule has 0 saturated heterocycles. The van der Waals surface area contributed by atoms with E-state index in [-0.39, 0.29) is 10.8 Å². The van der Waals surface area contributed by atoms with Crippen LogP contribution in [0.5, 0.6) is 0 Å². The van der Waals surface area contributed by atoms with Crippen LogP contribution < -0.4 is 5.32 Å². The lowest BCUT2D eigenvalue weighted by molar-refractivity contribution is 0.491. The first kappa shape index (κ1) is 16.5. The van der Waals surface area contributed by atoms with Gasteiger partial charge in [0.25, 0.3) is 0 Å². The predicted molar refractivity (Wildman–Crippen MR) is 90.4 cm³/mol. The molecule has 0 aliphatic heterocycles. The zero-order valence-electron chi connectivity index (χ0n) is 11.9. The van der Waals surface area contributed by atoms with Crippen molar-refractivity contribution in [2.24, 2.45) is 5.92 Å². The zero-order valence-corrected chi connectivity index (χ0v) is 14.2. The minimum Gasteiger partial charge on any atom is -0.319 e. The van der Waals surface area contributed by atoms with E-state index in [1.54, 1.807) is 6.07 Å². The fraction of sp³-hybridized carbons (Fsp3) is 0.294. The molecule has 0 bridgehead atoms. The minimum absolute atomic E-state index is 0.177. The Hall–Kier alpha value is -0.900. The summed E-state index contributed by atoms with van der Waals surface area (Å²) < 4.78 is 14.6. The molecule has 1 nitrogen and oxygen atoms in total. The van der Waals surface area contributed by atoms with E-state index in [0.29, 0.717) is 5.92 Å². The van der Waals surface area contributed by atoms with Crippen LogP contribution in [0.1, 0.15) is 11.1 Å². The quantitative estimate of drug-likeness (QED) is 0.765. The van der Waals surface area contributed by atoms with Gasteiger partial charge in [0.05, 0.1) is 5.02 Å². The van der Waals surface area contributed by atoms with E-state index < -0.39 is 0 Å². The number of halogens is 3. The van der Waals surface area contributed by atoms with Gasteiger partial charge in [-0.05, 0) is 67.7 Å². The SMILES string of the molecule is CNCC(Cc1cccc(Br)c1)Cc1ccc(Cl)c(F)c1. The highest BCUT2D eigenvalue weighted by molar-refractivity contribution is 9.10. The summed E-state index contributed by atoms with van der Waals surface area (Å²) >= 11 is 9.23. The van der Waals surface area contributed by atoms with Crippen molar-refractivity contribution in [1.82, 2.24) is 5.32 Å². The Morgan fingerprint density at radius 1 is 1.14 bits per heavy atom. The first-order valence-electron chi connectivity index (χ1n) is 6.91. The van der Waals surface area contributed by atoms with Gasteiger partial charge in [-0.15, -0.1) is 0 Å². The Bertz CT molecular complexity index is 603. The van der Waals surface area contributed by atoms with Crippen molar-refractivity contribution in [2.75, 3.05) is 13.6 Å². The van der Waals surface area contributed by atoms with Crippen LogP contribution in [0.15, 0.2) is 46.9 Å². The van der Waals surface area contributed by atoms with Crippen LogP contribution in [0.3, 0.4) is 0 Å². The smallest absolute Gasteiger partial charge is 0.142 e. The molecule has 2 aromatic carbocycles. The highest BCUT2D eigenvalue weighted by Crippen LogP contribution is 2.21. The van der Waals surface area contributed by atoms with Crippen LogP contribution >= 0.6 is 27.5 Å². The molecule has 0 aliphatic carbocycles. The van der Waals surface area contributed by atoms with Gasteiger partial charge in [0, 0.05) is 4.47 Å². The number of hydrogen-bond donors (Lipinski definition) is 1. The molecule has 0 amide bonds. The Balaban J connectivity index is 2.09. The molecule has 1 unspecified atom stereocenters. The van der Waals surface area contributed by atoms with E-state index in [9.17, 15) is 4.39 Å². The van der Waals surface area contributed by atoms with Crippen LogP contribution in [-0.4, -0.2) is 13.6 Å². The number of nitrogens with one attached hydrogen (secondary N) is 1. The monoisotopic (exact) mass is 369 g/mol. The lowest BCUT2D eigenvalue weighted by Gasteiger charge is -2.17. The molecule has 1 N–H and O–H groups in total. The molecule has 0 fully saturated rings. The normalized spacial score (nSPS) is 12.4. The molecular weight excluding hydrogens is 353 g/mol. The largest absolute Gasteiger partial charge is 0.319 e. The second-order valence-electron chi connectivity index (χ2n) is 5.21. The van der Waals surface area contributed by atoms with Gasteiger partial charge in [0.1, 0.15) is 5.82 Å². The lowest BCUT2D eigenvalue weighted by atomic mass is 9.92. The maximum atomic E-state index is 13.5. The summed E-state index contributed by atoms with van der Waals surface area (Å²) in [6.45, 7) is 0.886. The summed E-state index contributed by atoms with van der Waals surface area (Å²) in [7, 11) is 1.94. The third-order valence-electron chi connectivity index (χ3n) is 3.41. The molecule has 0 spiro atoms. The van der Waals surface area contributed by atoms with Crippen LogP contribution in [0.2, 0.25) is 5.02 Å². The second kappa shape index (κ2) is 7.92. The van der Waals surface area contributed by atoms with Crippen molar-refractivity contribution < 1.29 is 4.39 Å². The number of rotatable bonds is 6. The van der Waals surface area contributed by atoms with Crippen LogP contribution in [0, 0.1) is 11.7 Å². The Labute approximate surface area is 138 Å². The molecule has 0 aromatic heterocycles. The third kappa shape index (κ3) is 5.10. The Morgan fingerprint density at radius 2 is 1.86 bits per heavy atom. The van der Waals surface area contributed by atoms with Gasteiger partial charge in [0.15, 0.2) is 0 Å². The summed E-state index contributed by atoms with van der Waals surface area (Å²) in [6, 6.07) is 13.4. The Kier molecular flexibility index (Phi) is 6.22. The summed E-state index contributed by atoms with van der Waals surface area (Å²) in [5, 5.41) is 3.39. The van der Waals surface area contributed by atoms with Crippen LogP contribution in [0.4, 0.5) is 4.39 Å². The molecule has 21 heavy (non-hydrogen) atoms. The van der Waals surface area contributed by atoms with Crippen molar-refractivity contribution in [3.63, 3.8) is 0 Å². The maximum absolute atomic E-state index is 13.5. The highest BCUT2D eigenvalue weighted by Gasteiger charge is 2.12. The molecule has 2 rings (SSSR count). The molecular formula is C17H18BrClFN. The van der Waals surface area contributed by atoms with E-state index in [0.717, 1.165) is 29.4 Å². The number of hydrogen-bond acceptors (Lipinski definition) is 1. The van der Waals surface area contributed by atoms with Crippen molar-refractivity contribution in [3.8, 4) is 0 Å². The predicted octanol–water partition coefficient (Wildman–Crippen LogP) is 4.86. The first-order chi connectivity index (χ1) is 10.1. The van der Waals surface area contributed by atoms with E-state index in [1.807, 2.05) is 25.2 Å². The van der Waals surface area contributed by atoms with Gasteiger partial charge in [-0.2, -0.15) is 0 Å². The van der Waals surface area contributed by atoms with Crippen LogP contribution in [0.25, 0.3) is 0 Å². The summed E-state index contributed by atoms with van der Waals surface area (Å²) in [5.74, 6) is 0.0599.